The first-order chi connectivity index (χ1) is 13.7. The Morgan fingerprint density at radius 3 is 2.71 bits per heavy atom. The SMILES string of the molecule is CCN1CCN(CCNC(=O)c2ccc3c(c2)NC(=O)C2CCCCN32)CC1. The molecule has 2 N–H and O–H groups in total. The van der Waals surface area contributed by atoms with Gasteiger partial charge in [0.2, 0.25) is 5.91 Å². The van der Waals surface area contributed by atoms with Gasteiger partial charge in [-0.1, -0.05) is 6.92 Å². The maximum absolute atomic E-state index is 12.6. The number of likely N-dealkylation sites (N-methyl/N-ethyl adjacent to an activating group) is 1. The number of hydrogen-bond acceptors (Lipinski definition) is 5. The number of fused-ring (bicyclic) bond motifs is 3. The molecule has 152 valence electrons. The van der Waals surface area contributed by atoms with E-state index in [2.05, 4.69) is 32.3 Å². The van der Waals surface area contributed by atoms with Gasteiger partial charge in [0.1, 0.15) is 6.04 Å². The Bertz CT molecular complexity index is 730. The molecule has 2 amide bonds. The smallest absolute Gasteiger partial charge is 0.251 e. The Hall–Kier alpha value is -2.12. The summed E-state index contributed by atoms with van der Waals surface area (Å²) < 4.78 is 0. The van der Waals surface area contributed by atoms with Crippen LogP contribution in [0.3, 0.4) is 0 Å². The van der Waals surface area contributed by atoms with Gasteiger partial charge in [-0.2, -0.15) is 0 Å². The number of nitrogens with one attached hydrogen (secondary N) is 2. The minimum absolute atomic E-state index is 0.0518. The number of anilines is 2. The molecule has 2 fully saturated rings. The Morgan fingerprint density at radius 2 is 1.93 bits per heavy atom. The van der Waals surface area contributed by atoms with E-state index in [1.54, 1.807) is 0 Å². The Labute approximate surface area is 167 Å². The van der Waals surface area contributed by atoms with Crippen LogP contribution in [0.1, 0.15) is 36.5 Å². The second-order valence-corrected chi connectivity index (χ2v) is 7.96. The molecule has 1 unspecified atom stereocenters. The molecule has 0 bridgehead atoms. The van der Waals surface area contributed by atoms with Gasteiger partial charge in [-0.25, -0.2) is 0 Å². The van der Waals surface area contributed by atoms with Crippen LogP contribution in [0.2, 0.25) is 0 Å². The minimum Gasteiger partial charge on any atom is -0.358 e. The average molecular weight is 386 g/mol. The number of hydrogen-bond donors (Lipinski definition) is 2. The number of amides is 2. The van der Waals surface area contributed by atoms with E-state index in [4.69, 9.17) is 0 Å². The molecule has 1 aromatic carbocycles. The van der Waals surface area contributed by atoms with Gasteiger partial charge in [0.25, 0.3) is 5.91 Å². The van der Waals surface area contributed by atoms with Crippen LogP contribution < -0.4 is 15.5 Å². The fourth-order valence-electron chi connectivity index (χ4n) is 4.50. The van der Waals surface area contributed by atoms with Crippen LogP contribution in [0.15, 0.2) is 18.2 Å². The molecule has 3 aliphatic rings. The zero-order chi connectivity index (χ0) is 19.5. The lowest BCUT2D eigenvalue weighted by Gasteiger charge is -2.41. The van der Waals surface area contributed by atoms with Crippen molar-refractivity contribution in [3.8, 4) is 0 Å². The van der Waals surface area contributed by atoms with Gasteiger partial charge in [0.15, 0.2) is 0 Å². The number of piperidine rings is 1. The first-order valence-electron chi connectivity index (χ1n) is 10.6. The number of benzene rings is 1. The van der Waals surface area contributed by atoms with Crippen molar-refractivity contribution in [3.05, 3.63) is 23.8 Å². The molecule has 0 saturated carbocycles. The van der Waals surface area contributed by atoms with E-state index in [9.17, 15) is 9.59 Å². The predicted octanol–water partition coefficient (Wildman–Crippen LogP) is 1.36. The molecule has 7 nitrogen and oxygen atoms in total. The molecule has 0 aromatic heterocycles. The molecule has 7 heteroatoms. The second kappa shape index (κ2) is 8.49. The molecule has 3 aliphatic heterocycles. The first-order valence-corrected chi connectivity index (χ1v) is 10.6. The molecule has 3 heterocycles. The summed E-state index contributed by atoms with van der Waals surface area (Å²) in [5.74, 6) is -0.0269. The number of carbonyl (C=O) groups excluding carboxylic acids is 2. The number of nitrogens with zero attached hydrogens (tertiary/aromatic N) is 3. The van der Waals surface area contributed by atoms with Crippen molar-refractivity contribution >= 4 is 23.2 Å². The third-order valence-electron chi connectivity index (χ3n) is 6.26. The predicted molar refractivity (Wildman–Crippen MR) is 111 cm³/mol. The zero-order valence-corrected chi connectivity index (χ0v) is 16.7. The molecule has 1 aromatic rings. The fourth-order valence-corrected chi connectivity index (χ4v) is 4.50. The summed E-state index contributed by atoms with van der Waals surface area (Å²) in [5, 5.41) is 6.02. The quantitative estimate of drug-likeness (QED) is 0.801. The Kier molecular flexibility index (Phi) is 5.82. The maximum Gasteiger partial charge on any atom is 0.251 e. The van der Waals surface area contributed by atoms with E-state index >= 15 is 0 Å². The summed E-state index contributed by atoms with van der Waals surface area (Å²) in [6.07, 6.45) is 3.11. The third-order valence-corrected chi connectivity index (χ3v) is 6.26. The van der Waals surface area contributed by atoms with Gasteiger partial charge in [-0.15, -0.1) is 0 Å². The number of rotatable bonds is 5. The first kappa shape index (κ1) is 19.2. The van der Waals surface area contributed by atoms with Gasteiger partial charge in [-0.05, 0) is 44.0 Å². The molecular weight excluding hydrogens is 354 g/mol. The number of piperazine rings is 1. The van der Waals surface area contributed by atoms with Crippen molar-refractivity contribution in [1.29, 1.82) is 0 Å². The highest BCUT2D eigenvalue weighted by molar-refractivity contribution is 6.05. The van der Waals surface area contributed by atoms with Crippen LogP contribution in [-0.2, 0) is 4.79 Å². The summed E-state index contributed by atoms with van der Waals surface area (Å²) in [7, 11) is 0. The van der Waals surface area contributed by atoms with Gasteiger partial charge in [-0.3, -0.25) is 14.5 Å². The summed E-state index contributed by atoms with van der Waals surface area (Å²) in [5.41, 5.74) is 2.39. The fraction of sp³-hybridized carbons (Fsp3) is 0.619. The Morgan fingerprint density at radius 1 is 1.14 bits per heavy atom. The van der Waals surface area contributed by atoms with E-state index in [-0.39, 0.29) is 17.9 Å². The van der Waals surface area contributed by atoms with E-state index in [1.165, 1.54) is 0 Å². The highest BCUT2D eigenvalue weighted by Gasteiger charge is 2.34. The van der Waals surface area contributed by atoms with E-state index in [0.717, 1.165) is 76.5 Å². The van der Waals surface area contributed by atoms with Gasteiger partial charge >= 0.3 is 0 Å². The van der Waals surface area contributed by atoms with Crippen LogP contribution in [-0.4, -0.2) is 80.0 Å². The van der Waals surface area contributed by atoms with Gasteiger partial charge in [0, 0.05) is 51.4 Å². The maximum atomic E-state index is 12.6. The molecule has 0 aliphatic carbocycles. The summed E-state index contributed by atoms with van der Waals surface area (Å²) in [6, 6.07) is 5.60. The van der Waals surface area contributed by atoms with Gasteiger partial charge < -0.3 is 20.4 Å². The molecule has 0 spiro atoms. The van der Waals surface area contributed by atoms with Crippen molar-refractivity contribution in [2.24, 2.45) is 0 Å². The molecule has 4 rings (SSSR count). The zero-order valence-electron chi connectivity index (χ0n) is 16.7. The van der Waals surface area contributed by atoms with Gasteiger partial charge in [0.05, 0.1) is 11.4 Å². The van der Waals surface area contributed by atoms with E-state index in [0.29, 0.717) is 12.1 Å². The van der Waals surface area contributed by atoms with Crippen LogP contribution in [0, 0.1) is 0 Å². The second-order valence-electron chi connectivity index (χ2n) is 7.96. The largest absolute Gasteiger partial charge is 0.358 e. The molecule has 1 atom stereocenters. The molecule has 2 saturated heterocycles. The van der Waals surface area contributed by atoms with E-state index in [1.807, 2.05) is 18.2 Å². The molecule has 0 radical (unpaired) electrons. The molecule has 28 heavy (non-hydrogen) atoms. The van der Waals surface area contributed by atoms with Crippen LogP contribution in [0.4, 0.5) is 11.4 Å². The van der Waals surface area contributed by atoms with Crippen molar-refractivity contribution in [2.75, 3.05) is 62.6 Å². The molecular formula is C21H31N5O2. The topological polar surface area (TPSA) is 67.9 Å². The van der Waals surface area contributed by atoms with Crippen molar-refractivity contribution in [3.63, 3.8) is 0 Å². The average Bonchev–Trinajstić information content (AvgIpc) is 2.74. The van der Waals surface area contributed by atoms with Crippen molar-refractivity contribution < 1.29 is 9.59 Å². The van der Waals surface area contributed by atoms with Crippen molar-refractivity contribution in [1.82, 2.24) is 15.1 Å². The van der Waals surface area contributed by atoms with Crippen molar-refractivity contribution in [2.45, 2.75) is 32.2 Å². The Balaban J connectivity index is 1.33. The minimum atomic E-state index is -0.0787. The third kappa shape index (κ3) is 4.00. The summed E-state index contributed by atoms with van der Waals surface area (Å²) >= 11 is 0. The number of carbonyl (C=O) groups is 2. The lowest BCUT2D eigenvalue weighted by molar-refractivity contribution is -0.118. The van der Waals surface area contributed by atoms with Crippen LogP contribution in [0.5, 0.6) is 0 Å². The van der Waals surface area contributed by atoms with Crippen LogP contribution >= 0.6 is 0 Å². The standard InChI is InChI=1S/C21H31N5O2/c1-2-24-11-13-25(14-12-24)10-8-22-20(27)16-6-7-18-17(15-16)23-21(28)19-5-3-4-9-26(18)19/h6-7,15,19H,2-5,8-14H2,1H3,(H,22,27)(H,23,28). The highest BCUT2D eigenvalue weighted by atomic mass is 16.2. The lowest BCUT2D eigenvalue weighted by Crippen LogP contribution is -2.50. The lowest BCUT2D eigenvalue weighted by atomic mass is 9.97. The normalized spacial score (nSPS) is 23.0. The van der Waals surface area contributed by atoms with E-state index < -0.39 is 0 Å². The summed E-state index contributed by atoms with van der Waals surface area (Å²) in [4.78, 5) is 32.0. The monoisotopic (exact) mass is 385 g/mol. The van der Waals surface area contributed by atoms with Crippen LogP contribution in [0.25, 0.3) is 0 Å². The highest BCUT2D eigenvalue weighted by Crippen LogP contribution is 2.36. The summed E-state index contributed by atoms with van der Waals surface area (Å²) in [6.45, 7) is 10.1.